The maximum absolute atomic E-state index is 12.5. The van der Waals surface area contributed by atoms with Crippen LogP contribution in [0.1, 0.15) is 38.7 Å². The summed E-state index contributed by atoms with van der Waals surface area (Å²) in [5.41, 5.74) is 1.13. The van der Waals surface area contributed by atoms with E-state index in [4.69, 9.17) is 0 Å². The molecule has 0 heterocycles. The predicted molar refractivity (Wildman–Crippen MR) is 85.6 cm³/mol. The minimum absolute atomic E-state index is 0.367. The Morgan fingerprint density at radius 3 is 2.43 bits per heavy atom. The number of sulfonamides is 1. The number of nitrogens with zero attached hydrogens (tertiary/aromatic N) is 1. The van der Waals surface area contributed by atoms with E-state index in [0.29, 0.717) is 23.4 Å². The van der Waals surface area contributed by atoms with E-state index in [0.717, 1.165) is 18.5 Å². The van der Waals surface area contributed by atoms with Gasteiger partial charge in [0.25, 0.3) is 0 Å². The van der Waals surface area contributed by atoms with Gasteiger partial charge in [0, 0.05) is 26.2 Å². The van der Waals surface area contributed by atoms with Gasteiger partial charge in [0.1, 0.15) is 0 Å². The first-order valence-corrected chi connectivity index (χ1v) is 9.16. The summed E-state index contributed by atoms with van der Waals surface area (Å²) in [6, 6.07) is 7.90. The molecule has 0 aromatic heterocycles. The summed E-state index contributed by atoms with van der Waals surface area (Å²) < 4.78 is 26.4. The summed E-state index contributed by atoms with van der Waals surface area (Å²) in [6.07, 6.45) is 3.49. The van der Waals surface area contributed by atoms with Crippen molar-refractivity contribution in [1.29, 1.82) is 0 Å². The molecular weight excluding hydrogens is 284 g/mol. The van der Waals surface area contributed by atoms with E-state index < -0.39 is 10.0 Å². The van der Waals surface area contributed by atoms with E-state index in [9.17, 15) is 8.42 Å². The average molecular weight is 310 g/mol. The molecule has 1 aliphatic carbocycles. The van der Waals surface area contributed by atoms with Crippen LogP contribution in [-0.4, -0.2) is 32.4 Å². The Morgan fingerprint density at radius 1 is 1.29 bits per heavy atom. The van der Waals surface area contributed by atoms with Crippen molar-refractivity contribution in [3.63, 3.8) is 0 Å². The van der Waals surface area contributed by atoms with Crippen molar-refractivity contribution in [2.24, 2.45) is 5.92 Å². The van der Waals surface area contributed by atoms with Gasteiger partial charge in [0.2, 0.25) is 10.0 Å². The van der Waals surface area contributed by atoms with Crippen LogP contribution in [0.25, 0.3) is 0 Å². The molecule has 5 heteroatoms. The van der Waals surface area contributed by atoms with E-state index in [1.807, 2.05) is 12.1 Å². The van der Waals surface area contributed by atoms with Crippen molar-refractivity contribution in [3.05, 3.63) is 29.8 Å². The van der Waals surface area contributed by atoms with E-state index >= 15 is 0 Å². The summed E-state index contributed by atoms with van der Waals surface area (Å²) >= 11 is 0. The standard InChI is InChI=1S/C16H26N2O2S/c1-4-13(2)12-18(3)21(19,20)16-9-5-14(6-10-16)11-17-15-7-8-15/h5-6,9-10,13,15,17H,4,7-8,11-12H2,1-3H3. The highest BCUT2D eigenvalue weighted by atomic mass is 32.2. The van der Waals surface area contributed by atoms with Crippen molar-refractivity contribution in [2.75, 3.05) is 13.6 Å². The molecule has 21 heavy (non-hydrogen) atoms. The van der Waals surface area contributed by atoms with Crippen LogP contribution in [0.4, 0.5) is 0 Å². The summed E-state index contributed by atoms with van der Waals surface area (Å²) in [5, 5.41) is 3.43. The molecule has 2 rings (SSSR count). The van der Waals surface area contributed by atoms with Crippen LogP contribution in [0.5, 0.6) is 0 Å². The van der Waals surface area contributed by atoms with Crippen LogP contribution >= 0.6 is 0 Å². The lowest BCUT2D eigenvalue weighted by Gasteiger charge is -2.20. The molecule has 0 spiro atoms. The fourth-order valence-electron chi connectivity index (χ4n) is 2.18. The molecular formula is C16H26N2O2S. The van der Waals surface area contributed by atoms with Gasteiger partial charge in [-0.15, -0.1) is 0 Å². The van der Waals surface area contributed by atoms with E-state index in [2.05, 4.69) is 19.2 Å². The molecule has 1 aromatic carbocycles. The van der Waals surface area contributed by atoms with Crippen LogP contribution in [0.3, 0.4) is 0 Å². The molecule has 1 atom stereocenters. The normalized spacial score (nSPS) is 17.1. The Hall–Kier alpha value is -0.910. The topological polar surface area (TPSA) is 49.4 Å². The molecule has 0 aliphatic heterocycles. The van der Waals surface area contributed by atoms with Crippen LogP contribution in [0, 0.1) is 5.92 Å². The van der Waals surface area contributed by atoms with E-state index in [1.54, 1.807) is 19.2 Å². The van der Waals surface area contributed by atoms with E-state index in [-0.39, 0.29) is 0 Å². The second-order valence-corrected chi connectivity index (χ2v) is 8.14. The fraction of sp³-hybridized carbons (Fsp3) is 0.625. The third kappa shape index (κ3) is 4.53. The minimum Gasteiger partial charge on any atom is -0.310 e. The van der Waals surface area contributed by atoms with Crippen LogP contribution in [-0.2, 0) is 16.6 Å². The summed E-state index contributed by atoms with van der Waals surface area (Å²) in [7, 11) is -1.71. The SMILES string of the molecule is CCC(C)CN(C)S(=O)(=O)c1ccc(CNC2CC2)cc1. The molecule has 1 aliphatic rings. The highest BCUT2D eigenvalue weighted by Gasteiger charge is 2.22. The van der Waals surface area contributed by atoms with Gasteiger partial charge in [-0.3, -0.25) is 0 Å². The van der Waals surface area contributed by atoms with Gasteiger partial charge < -0.3 is 5.32 Å². The monoisotopic (exact) mass is 310 g/mol. The number of nitrogens with one attached hydrogen (secondary N) is 1. The largest absolute Gasteiger partial charge is 0.310 e. The average Bonchev–Trinajstić information content (AvgIpc) is 3.29. The molecule has 0 amide bonds. The zero-order chi connectivity index (χ0) is 15.5. The van der Waals surface area contributed by atoms with Crippen molar-refractivity contribution in [3.8, 4) is 0 Å². The van der Waals surface area contributed by atoms with Crippen LogP contribution in [0.15, 0.2) is 29.2 Å². The first-order valence-electron chi connectivity index (χ1n) is 7.72. The molecule has 0 bridgehead atoms. The first-order chi connectivity index (χ1) is 9.93. The highest BCUT2D eigenvalue weighted by molar-refractivity contribution is 7.89. The van der Waals surface area contributed by atoms with Gasteiger partial charge in [-0.1, -0.05) is 32.4 Å². The molecule has 1 aromatic rings. The molecule has 1 fully saturated rings. The second-order valence-electron chi connectivity index (χ2n) is 6.10. The van der Waals surface area contributed by atoms with Crippen molar-refractivity contribution in [1.82, 2.24) is 9.62 Å². The third-order valence-electron chi connectivity index (χ3n) is 4.07. The molecule has 0 saturated heterocycles. The third-order valence-corrected chi connectivity index (χ3v) is 5.91. The Bertz CT molecular complexity index is 550. The number of hydrogen-bond donors (Lipinski definition) is 1. The zero-order valence-corrected chi connectivity index (χ0v) is 14.0. The minimum atomic E-state index is -3.37. The molecule has 0 radical (unpaired) electrons. The molecule has 118 valence electrons. The Morgan fingerprint density at radius 2 is 1.90 bits per heavy atom. The Labute approximate surface area is 128 Å². The van der Waals surface area contributed by atoms with Gasteiger partial charge in [-0.2, -0.15) is 0 Å². The lowest BCUT2D eigenvalue weighted by atomic mass is 10.1. The van der Waals surface area contributed by atoms with Crippen molar-refractivity contribution >= 4 is 10.0 Å². The number of rotatable bonds is 8. The van der Waals surface area contributed by atoms with Gasteiger partial charge in [0.15, 0.2) is 0 Å². The zero-order valence-electron chi connectivity index (χ0n) is 13.2. The van der Waals surface area contributed by atoms with Crippen LogP contribution in [0.2, 0.25) is 0 Å². The van der Waals surface area contributed by atoms with Crippen LogP contribution < -0.4 is 5.32 Å². The fourth-order valence-corrected chi connectivity index (χ4v) is 3.47. The summed E-state index contributed by atoms with van der Waals surface area (Å²) in [4.78, 5) is 0.378. The molecule has 1 saturated carbocycles. The first kappa shape index (κ1) is 16.5. The summed E-state index contributed by atoms with van der Waals surface area (Å²) in [5.74, 6) is 0.367. The Balaban J connectivity index is 2.01. The number of benzene rings is 1. The van der Waals surface area contributed by atoms with Gasteiger partial charge in [-0.05, 0) is 36.5 Å². The predicted octanol–water partition coefficient (Wildman–Crippen LogP) is 2.61. The second kappa shape index (κ2) is 6.90. The molecule has 1 unspecified atom stereocenters. The Kier molecular flexibility index (Phi) is 5.41. The lowest BCUT2D eigenvalue weighted by molar-refractivity contribution is 0.393. The molecule has 4 nitrogen and oxygen atoms in total. The quantitative estimate of drug-likeness (QED) is 0.803. The van der Waals surface area contributed by atoms with Crippen molar-refractivity contribution < 1.29 is 8.42 Å². The van der Waals surface area contributed by atoms with Gasteiger partial charge in [0.05, 0.1) is 4.90 Å². The lowest BCUT2D eigenvalue weighted by Crippen LogP contribution is -2.31. The smallest absolute Gasteiger partial charge is 0.242 e. The van der Waals surface area contributed by atoms with Gasteiger partial charge >= 0.3 is 0 Å². The maximum atomic E-state index is 12.5. The highest BCUT2D eigenvalue weighted by Crippen LogP contribution is 2.20. The molecule has 1 N–H and O–H groups in total. The maximum Gasteiger partial charge on any atom is 0.242 e. The summed E-state index contributed by atoms with van der Waals surface area (Å²) in [6.45, 7) is 5.52. The van der Waals surface area contributed by atoms with Gasteiger partial charge in [-0.25, -0.2) is 12.7 Å². The van der Waals surface area contributed by atoms with Crippen molar-refractivity contribution in [2.45, 2.75) is 50.6 Å². The van der Waals surface area contributed by atoms with E-state index in [1.165, 1.54) is 17.1 Å². The number of hydrogen-bond acceptors (Lipinski definition) is 3.